The highest BCUT2D eigenvalue weighted by atomic mass is 16.4. The second kappa shape index (κ2) is 7.27. The molecule has 2 atom stereocenters. The Kier molecular flexibility index (Phi) is 5.08. The van der Waals surface area contributed by atoms with Crippen LogP contribution >= 0.6 is 0 Å². The van der Waals surface area contributed by atoms with E-state index in [0.717, 1.165) is 19.5 Å². The molecule has 2 aromatic rings. The number of hydrogen-bond acceptors (Lipinski definition) is 4. The van der Waals surface area contributed by atoms with Crippen LogP contribution in [0.15, 0.2) is 45.7 Å². The predicted octanol–water partition coefficient (Wildman–Crippen LogP) is 1.90. The highest BCUT2D eigenvalue weighted by molar-refractivity contribution is 5.91. The monoisotopic (exact) mass is 343 g/mol. The van der Waals surface area contributed by atoms with E-state index in [-0.39, 0.29) is 11.5 Å². The van der Waals surface area contributed by atoms with E-state index in [4.69, 9.17) is 4.42 Å². The maximum Gasteiger partial charge on any atom is 0.289 e. The molecule has 6 nitrogen and oxygen atoms in total. The van der Waals surface area contributed by atoms with Gasteiger partial charge in [-0.25, -0.2) is 0 Å². The Balaban J connectivity index is 1.71. The van der Waals surface area contributed by atoms with Crippen molar-refractivity contribution in [2.24, 2.45) is 5.92 Å². The number of likely N-dealkylation sites (N-methyl/N-ethyl adjacent to an activating group) is 1. The Morgan fingerprint density at radius 1 is 1.24 bits per heavy atom. The number of likely N-dealkylation sites (tertiary alicyclic amines) is 1. The number of amides is 1. The topological polar surface area (TPSA) is 58.7 Å². The van der Waals surface area contributed by atoms with Gasteiger partial charge in [-0.05, 0) is 38.2 Å². The second-order valence-electron chi connectivity index (χ2n) is 6.84. The van der Waals surface area contributed by atoms with Crippen LogP contribution in [0.5, 0.6) is 0 Å². The summed E-state index contributed by atoms with van der Waals surface area (Å²) in [5, 5.41) is 0. The number of aromatic nitrogens is 1. The smallest absolute Gasteiger partial charge is 0.289 e. The molecule has 0 saturated carbocycles. The zero-order valence-electron chi connectivity index (χ0n) is 15.0. The van der Waals surface area contributed by atoms with Crippen LogP contribution in [-0.2, 0) is 6.54 Å². The molecule has 1 amide bonds. The van der Waals surface area contributed by atoms with Crippen LogP contribution in [0.4, 0.5) is 0 Å². The Morgan fingerprint density at radius 3 is 2.68 bits per heavy atom. The third kappa shape index (κ3) is 3.69. The molecule has 3 heterocycles. The summed E-state index contributed by atoms with van der Waals surface area (Å²) in [5.74, 6) is 1.35. The maximum atomic E-state index is 12.8. The van der Waals surface area contributed by atoms with Crippen LogP contribution in [-0.4, -0.2) is 53.5 Å². The van der Waals surface area contributed by atoms with E-state index < -0.39 is 0 Å². The molecule has 0 aromatic carbocycles. The summed E-state index contributed by atoms with van der Waals surface area (Å²) in [7, 11) is 4.12. The van der Waals surface area contributed by atoms with Crippen molar-refractivity contribution in [3.05, 3.63) is 58.4 Å². The zero-order chi connectivity index (χ0) is 18.0. The Morgan fingerprint density at radius 2 is 2.04 bits per heavy atom. The van der Waals surface area contributed by atoms with Crippen molar-refractivity contribution in [2.75, 3.05) is 27.2 Å². The normalized spacial score (nSPS) is 20.4. The SMILES string of the molecule is CC[C@@H]1CN(C(=O)c2ccc(Cn3ccccc3=O)o2)C[C@@H]1N(C)C. The third-order valence-corrected chi connectivity index (χ3v) is 4.98. The number of rotatable bonds is 5. The minimum absolute atomic E-state index is 0.0746. The highest BCUT2D eigenvalue weighted by Gasteiger charge is 2.36. The molecule has 0 unspecified atom stereocenters. The molecule has 25 heavy (non-hydrogen) atoms. The van der Waals surface area contributed by atoms with Crippen molar-refractivity contribution in [2.45, 2.75) is 25.9 Å². The summed E-state index contributed by atoms with van der Waals surface area (Å²) in [6, 6.07) is 8.86. The average Bonchev–Trinajstić information content (AvgIpc) is 3.23. The van der Waals surface area contributed by atoms with Gasteiger partial charge in [0, 0.05) is 31.4 Å². The van der Waals surface area contributed by atoms with Gasteiger partial charge in [0.1, 0.15) is 5.76 Å². The van der Waals surface area contributed by atoms with E-state index in [1.54, 1.807) is 35.0 Å². The lowest BCUT2D eigenvalue weighted by molar-refractivity contribution is 0.0747. The molecular formula is C19H25N3O3. The number of hydrogen-bond donors (Lipinski definition) is 0. The lowest BCUT2D eigenvalue weighted by atomic mass is 10.0. The predicted molar refractivity (Wildman–Crippen MR) is 95.7 cm³/mol. The minimum atomic E-state index is -0.0917. The molecule has 0 aliphatic carbocycles. The standard InChI is InChI=1S/C19H25N3O3/c1-4-14-11-22(13-16(14)20(2)3)19(24)17-9-8-15(25-17)12-21-10-6-5-7-18(21)23/h5-10,14,16H,4,11-13H2,1-3H3/t14-,16+/m1/s1. The number of carbonyl (C=O) groups is 1. The van der Waals surface area contributed by atoms with Gasteiger partial charge in [-0.15, -0.1) is 0 Å². The number of pyridine rings is 1. The molecule has 1 saturated heterocycles. The molecule has 134 valence electrons. The number of furan rings is 1. The molecule has 0 N–H and O–H groups in total. The van der Waals surface area contributed by atoms with Gasteiger partial charge in [0.25, 0.3) is 11.5 Å². The first kappa shape index (κ1) is 17.5. The second-order valence-corrected chi connectivity index (χ2v) is 6.84. The molecule has 1 aliphatic heterocycles. The summed E-state index contributed by atoms with van der Waals surface area (Å²) in [5.41, 5.74) is -0.0917. The average molecular weight is 343 g/mol. The van der Waals surface area contributed by atoms with Crippen LogP contribution in [0.3, 0.4) is 0 Å². The van der Waals surface area contributed by atoms with E-state index >= 15 is 0 Å². The zero-order valence-corrected chi connectivity index (χ0v) is 15.0. The van der Waals surface area contributed by atoms with Crippen molar-refractivity contribution in [3.8, 4) is 0 Å². The first-order valence-corrected chi connectivity index (χ1v) is 8.69. The molecule has 0 spiro atoms. The molecular weight excluding hydrogens is 318 g/mol. The van der Waals surface area contributed by atoms with E-state index in [1.807, 2.05) is 4.90 Å². The lowest BCUT2D eigenvalue weighted by Gasteiger charge is -2.23. The fourth-order valence-corrected chi connectivity index (χ4v) is 3.50. The van der Waals surface area contributed by atoms with Crippen molar-refractivity contribution in [1.29, 1.82) is 0 Å². The Bertz CT molecular complexity index is 793. The van der Waals surface area contributed by atoms with Gasteiger partial charge in [0.05, 0.1) is 6.54 Å². The molecule has 6 heteroatoms. The van der Waals surface area contributed by atoms with Gasteiger partial charge in [-0.3, -0.25) is 9.59 Å². The van der Waals surface area contributed by atoms with Crippen molar-refractivity contribution >= 4 is 5.91 Å². The van der Waals surface area contributed by atoms with E-state index in [0.29, 0.717) is 30.0 Å². The lowest BCUT2D eigenvalue weighted by Crippen LogP contribution is -2.36. The van der Waals surface area contributed by atoms with Crippen molar-refractivity contribution in [1.82, 2.24) is 14.4 Å². The van der Waals surface area contributed by atoms with Crippen LogP contribution < -0.4 is 5.56 Å². The van der Waals surface area contributed by atoms with Gasteiger partial charge in [0.2, 0.25) is 0 Å². The molecule has 1 aliphatic rings. The van der Waals surface area contributed by atoms with Crippen LogP contribution in [0, 0.1) is 5.92 Å². The Labute approximate surface area is 147 Å². The van der Waals surface area contributed by atoms with Gasteiger partial charge >= 0.3 is 0 Å². The van der Waals surface area contributed by atoms with Gasteiger partial charge in [0.15, 0.2) is 5.76 Å². The number of nitrogens with zero attached hydrogens (tertiary/aromatic N) is 3. The number of carbonyl (C=O) groups excluding carboxylic acids is 1. The van der Waals surface area contributed by atoms with Crippen molar-refractivity contribution in [3.63, 3.8) is 0 Å². The third-order valence-electron chi connectivity index (χ3n) is 4.98. The summed E-state index contributed by atoms with van der Waals surface area (Å²) < 4.78 is 7.27. The fourth-order valence-electron chi connectivity index (χ4n) is 3.50. The van der Waals surface area contributed by atoms with E-state index in [2.05, 4.69) is 25.9 Å². The van der Waals surface area contributed by atoms with E-state index in [1.165, 1.54) is 6.07 Å². The van der Waals surface area contributed by atoms with Crippen LogP contribution in [0.1, 0.15) is 29.7 Å². The summed E-state index contributed by atoms with van der Waals surface area (Å²) in [6.45, 7) is 3.97. The maximum absolute atomic E-state index is 12.8. The summed E-state index contributed by atoms with van der Waals surface area (Å²) in [6.07, 6.45) is 2.76. The first-order chi connectivity index (χ1) is 12.0. The highest BCUT2D eigenvalue weighted by Crippen LogP contribution is 2.25. The van der Waals surface area contributed by atoms with Crippen LogP contribution in [0.2, 0.25) is 0 Å². The van der Waals surface area contributed by atoms with Gasteiger partial charge < -0.3 is 18.8 Å². The van der Waals surface area contributed by atoms with Crippen molar-refractivity contribution < 1.29 is 9.21 Å². The van der Waals surface area contributed by atoms with Gasteiger partial charge in [-0.1, -0.05) is 19.4 Å². The fraction of sp³-hybridized carbons (Fsp3) is 0.474. The minimum Gasteiger partial charge on any atom is -0.454 e. The largest absolute Gasteiger partial charge is 0.454 e. The molecule has 0 radical (unpaired) electrons. The van der Waals surface area contributed by atoms with Gasteiger partial charge in [-0.2, -0.15) is 0 Å². The van der Waals surface area contributed by atoms with E-state index in [9.17, 15) is 9.59 Å². The summed E-state index contributed by atoms with van der Waals surface area (Å²) >= 11 is 0. The molecule has 3 rings (SSSR count). The first-order valence-electron chi connectivity index (χ1n) is 8.69. The Hall–Kier alpha value is -2.34. The molecule has 0 bridgehead atoms. The quantitative estimate of drug-likeness (QED) is 0.832. The molecule has 2 aromatic heterocycles. The van der Waals surface area contributed by atoms with Crippen LogP contribution in [0.25, 0.3) is 0 Å². The summed E-state index contributed by atoms with van der Waals surface area (Å²) in [4.78, 5) is 28.6. The molecule has 1 fully saturated rings.